The molecule has 1 atom stereocenters. The molecule has 0 spiro atoms. The van der Waals surface area contributed by atoms with Crippen LogP contribution in [0.15, 0.2) is 24.3 Å². The van der Waals surface area contributed by atoms with E-state index in [1.807, 2.05) is 5.43 Å². The van der Waals surface area contributed by atoms with Gasteiger partial charge >= 0.3 is 0 Å². The van der Waals surface area contributed by atoms with Gasteiger partial charge in [-0.05, 0) is 24.6 Å². The first kappa shape index (κ1) is 12.0. The number of nitrogens with zero attached hydrogens (tertiary/aromatic N) is 1. The third kappa shape index (κ3) is 3.26. The van der Waals surface area contributed by atoms with Crippen molar-refractivity contribution in [2.75, 3.05) is 0 Å². The Hall–Kier alpha value is -2.06. The first-order valence-corrected chi connectivity index (χ1v) is 4.80. The standard InChI is InChI=1S/C11H13N3O2/c1-8(11(15)14-13)16-10-4-2-9(3-5-10)6-7-12/h2-5,8H,6,13H2,1H3,(H,14,15). The Balaban J connectivity index is 2.62. The molecule has 1 aromatic rings. The van der Waals surface area contributed by atoms with Crippen molar-refractivity contribution in [1.82, 2.24) is 5.43 Å². The molecule has 0 aliphatic carbocycles. The van der Waals surface area contributed by atoms with E-state index in [-0.39, 0.29) is 5.91 Å². The third-order valence-electron chi connectivity index (χ3n) is 2.03. The number of rotatable bonds is 4. The fourth-order valence-electron chi connectivity index (χ4n) is 1.15. The second kappa shape index (κ2) is 5.73. The van der Waals surface area contributed by atoms with Crippen molar-refractivity contribution < 1.29 is 9.53 Å². The van der Waals surface area contributed by atoms with E-state index in [2.05, 4.69) is 6.07 Å². The average Bonchev–Trinajstić information content (AvgIpc) is 2.31. The lowest BCUT2D eigenvalue weighted by Gasteiger charge is -2.12. The number of nitriles is 1. The smallest absolute Gasteiger partial charge is 0.274 e. The van der Waals surface area contributed by atoms with Crippen LogP contribution in [0, 0.1) is 11.3 Å². The molecule has 1 rings (SSSR count). The molecule has 0 aliphatic heterocycles. The van der Waals surface area contributed by atoms with Crippen LogP contribution in [0.4, 0.5) is 0 Å². The molecule has 0 bridgehead atoms. The van der Waals surface area contributed by atoms with Crippen LogP contribution in [-0.2, 0) is 11.2 Å². The molecule has 0 aliphatic rings. The zero-order valence-electron chi connectivity index (χ0n) is 8.93. The summed E-state index contributed by atoms with van der Waals surface area (Å²) in [6, 6.07) is 9.05. The van der Waals surface area contributed by atoms with Crippen molar-refractivity contribution in [3.63, 3.8) is 0 Å². The lowest BCUT2D eigenvalue weighted by atomic mass is 10.2. The van der Waals surface area contributed by atoms with E-state index in [0.29, 0.717) is 12.2 Å². The van der Waals surface area contributed by atoms with Crippen molar-refractivity contribution in [3.8, 4) is 11.8 Å². The minimum Gasteiger partial charge on any atom is -0.481 e. The fourth-order valence-corrected chi connectivity index (χ4v) is 1.15. The van der Waals surface area contributed by atoms with Gasteiger partial charge in [0.15, 0.2) is 6.10 Å². The second-order valence-corrected chi connectivity index (χ2v) is 3.25. The highest BCUT2D eigenvalue weighted by Crippen LogP contribution is 2.14. The number of hydrazine groups is 1. The van der Waals surface area contributed by atoms with Gasteiger partial charge in [-0.25, -0.2) is 5.84 Å². The molecule has 16 heavy (non-hydrogen) atoms. The number of hydrogen-bond donors (Lipinski definition) is 2. The van der Waals surface area contributed by atoms with Gasteiger partial charge in [0.05, 0.1) is 12.5 Å². The van der Waals surface area contributed by atoms with Gasteiger partial charge in [-0.2, -0.15) is 5.26 Å². The monoisotopic (exact) mass is 219 g/mol. The molecule has 1 amide bonds. The van der Waals surface area contributed by atoms with E-state index in [0.717, 1.165) is 5.56 Å². The number of carbonyl (C=O) groups is 1. The topological polar surface area (TPSA) is 88.1 Å². The van der Waals surface area contributed by atoms with Gasteiger partial charge < -0.3 is 4.74 Å². The zero-order valence-corrected chi connectivity index (χ0v) is 8.93. The summed E-state index contributed by atoms with van der Waals surface area (Å²) >= 11 is 0. The van der Waals surface area contributed by atoms with Crippen LogP contribution in [0.2, 0.25) is 0 Å². The Morgan fingerprint density at radius 1 is 1.56 bits per heavy atom. The molecule has 0 saturated carbocycles. The summed E-state index contributed by atoms with van der Waals surface area (Å²) in [5.41, 5.74) is 2.92. The van der Waals surface area contributed by atoms with Crippen molar-refractivity contribution >= 4 is 5.91 Å². The molecule has 5 nitrogen and oxygen atoms in total. The first-order chi connectivity index (χ1) is 7.67. The molecule has 0 aromatic heterocycles. The predicted molar refractivity (Wildman–Crippen MR) is 58.2 cm³/mol. The molecule has 0 heterocycles. The maximum atomic E-state index is 11.1. The van der Waals surface area contributed by atoms with Gasteiger partial charge in [0.2, 0.25) is 0 Å². The van der Waals surface area contributed by atoms with E-state index in [1.54, 1.807) is 31.2 Å². The lowest BCUT2D eigenvalue weighted by molar-refractivity contribution is -0.127. The van der Waals surface area contributed by atoms with Gasteiger partial charge in [-0.1, -0.05) is 12.1 Å². The Bertz CT molecular complexity index is 395. The highest BCUT2D eigenvalue weighted by Gasteiger charge is 2.12. The van der Waals surface area contributed by atoms with Crippen LogP contribution < -0.4 is 16.0 Å². The van der Waals surface area contributed by atoms with Crippen LogP contribution in [0.3, 0.4) is 0 Å². The Morgan fingerprint density at radius 2 is 2.19 bits per heavy atom. The summed E-state index contributed by atoms with van der Waals surface area (Å²) < 4.78 is 5.33. The number of hydrogen-bond acceptors (Lipinski definition) is 4. The van der Waals surface area contributed by atoms with E-state index in [1.165, 1.54) is 0 Å². The maximum absolute atomic E-state index is 11.1. The van der Waals surface area contributed by atoms with E-state index in [4.69, 9.17) is 15.8 Å². The molecule has 0 radical (unpaired) electrons. The summed E-state index contributed by atoms with van der Waals surface area (Å²) in [5, 5.41) is 8.49. The summed E-state index contributed by atoms with van der Waals surface area (Å²) in [7, 11) is 0. The summed E-state index contributed by atoms with van der Waals surface area (Å²) in [6.07, 6.45) is -0.286. The molecule has 84 valence electrons. The Morgan fingerprint density at radius 3 is 2.69 bits per heavy atom. The molecule has 5 heteroatoms. The number of nitrogens with two attached hydrogens (primary N) is 1. The van der Waals surface area contributed by atoms with Crippen molar-refractivity contribution in [3.05, 3.63) is 29.8 Å². The van der Waals surface area contributed by atoms with Crippen molar-refractivity contribution in [2.24, 2.45) is 5.84 Å². The van der Waals surface area contributed by atoms with Crippen LogP contribution in [0.5, 0.6) is 5.75 Å². The van der Waals surface area contributed by atoms with Crippen LogP contribution in [0.25, 0.3) is 0 Å². The van der Waals surface area contributed by atoms with E-state index in [9.17, 15) is 4.79 Å². The highest BCUT2D eigenvalue weighted by atomic mass is 16.5. The lowest BCUT2D eigenvalue weighted by Crippen LogP contribution is -2.40. The first-order valence-electron chi connectivity index (χ1n) is 4.80. The van der Waals surface area contributed by atoms with E-state index < -0.39 is 6.10 Å². The van der Waals surface area contributed by atoms with Crippen LogP contribution in [0.1, 0.15) is 12.5 Å². The molecule has 0 saturated heterocycles. The molecule has 3 N–H and O–H groups in total. The molecule has 1 aromatic carbocycles. The van der Waals surface area contributed by atoms with Crippen molar-refractivity contribution in [2.45, 2.75) is 19.4 Å². The largest absolute Gasteiger partial charge is 0.481 e. The normalized spacial score (nSPS) is 11.3. The van der Waals surface area contributed by atoms with Gasteiger partial charge in [-0.15, -0.1) is 0 Å². The minimum atomic E-state index is -0.646. The molecular weight excluding hydrogens is 206 g/mol. The number of amides is 1. The Kier molecular flexibility index (Phi) is 4.30. The quantitative estimate of drug-likeness (QED) is 0.438. The predicted octanol–water partition coefficient (Wildman–Crippen LogP) is 0.510. The van der Waals surface area contributed by atoms with Gasteiger partial charge in [0.25, 0.3) is 5.91 Å². The zero-order chi connectivity index (χ0) is 12.0. The average molecular weight is 219 g/mol. The fraction of sp³-hybridized carbons (Fsp3) is 0.273. The summed E-state index contributed by atoms with van der Waals surface area (Å²) in [6.45, 7) is 1.60. The highest BCUT2D eigenvalue weighted by molar-refractivity contribution is 5.80. The van der Waals surface area contributed by atoms with E-state index >= 15 is 0 Å². The number of benzene rings is 1. The van der Waals surface area contributed by atoms with Crippen LogP contribution in [-0.4, -0.2) is 12.0 Å². The number of carbonyl (C=O) groups excluding carboxylic acids is 1. The Labute approximate surface area is 93.8 Å². The van der Waals surface area contributed by atoms with Crippen molar-refractivity contribution in [1.29, 1.82) is 5.26 Å². The second-order valence-electron chi connectivity index (χ2n) is 3.25. The molecule has 0 fully saturated rings. The summed E-state index contributed by atoms with van der Waals surface area (Å²) in [5.74, 6) is 5.15. The minimum absolute atomic E-state index is 0.360. The third-order valence-corrected chi connectivity index (χ3v) is 2.03. The maximum Gasteiger partial charge on any atom is 0.274 e. The SMILES string of the molecule is CC(Oc1ccc(CC#N)cc1)C(=O)NN. The van der Waals surface area contributed by atoms with Crippen LogP contribution >= 0.6 is 0 Å². The van der Waals surface area contributed by atoms with Gasteiger partial charge in [0, 0.05) is 0 Å². The molecule has 1 unspecified atom stereocenters. The van der Waals surface area contributed by atoms with Gasteiger partial charge in [0.1, 0.15) is 5.75 Å². The van der Waals surface area contributed by atoms with Gasteiger partial charge in [-0.3, -0.25) is 10.2 Å². The molecular formula is C11H13N3O2. The number of nitrogens with one attached hydrogen (secondary N) is 1. The summed E-state index contributed by atoms with van der Waals surface area (Å²) in [4.78, 5) is 11.1. The number of ether oxygens (including phenoxy) is 1.